The van der Waals surface area contributed by atoms with E-state index in [9.17, 15) is 0 Å². The third kappa shape index (κ3) is 2.67. The second-order valence-electron chi connectivity index (χ2n) is 7.26. The average Bonchev–Trinajstić information content (AvgIpc) is 3.40. The average molecular weight is 351 g/mol. The lowest BCUT2D eigenvalue weighted by Gasteiger charge is -2.27. The highest BCUT2D eigenvalue weighted by Crippen LogP contribution is 2.29. The molecule has 0 spiro atoms. The van der Waals surface area contributed by atoms with Crippen LogP contribution in [0.2, 0.25) is 0 Å². The normalized spacial score (nSPS) is 17.5. The number of hydrazone groups is 1. The molecule has 1 aliphatic heterocycles. The zero-order valence-corrected chi connectivity index (χ0v) is 15.8. The SMILES string of the molecule is CCC(C)(CC)n1cc(-c2nc(C3C=NN(C)C3)cn3nccc23)cn1. The van der Waals surface area contributed by atoms with Crippen LogP contribution in [0.25, 0.3) is 16.8 Å². The van der Waals surface area contributed by atoms with Gasteiger partial charge < -0.3 is 0 Å². The molecular formula is C19H25N7. The number of hydrogen-bond acceptors (Lipinski definition) is 5. The van der Waals surface area contributed by atoms with Gasteiger partial charge in [-0.2, -0.15) is 15.3 Å². The predicted octanol–water partition coefficient (Wildman–Crippen LogP) is 3.14. The molecule has 1 unspecified atom stereocenters. The van der Waals surface area contributed by atoms with Gasteiger partial charge in [0.25, 0.3) is 0 Å². The van der Waals surface area contributed by atoms with Crippen molar-refractivity contribution in [2.75, 3.05) is 13.6 Å². The van der Waals surface area contributed by atoms with Crippen molar-refractivity contribution < 1.29 is 0 Å². The smallest absolute Gasteiger partial charge is 0.0995 e. The van der Waals surface area contributed by atoms with Crippen molar-refractivity contribution in [2.45, 2.75) is 45.1 Å². The molecule has 0 fully saturated rings. The van der Waals surface area contributed by atoms with Crippen LogP contribution in [0.3, 0.4) is 0 Å². The highest BCUT2D eigenvalue weighted by Gasteiger charge is 2.25. The molecule has 1 atom stereocenters. The quantitative estimate of drug-likeness (QED) is 0.708. The molecular weight excluding hydrogens is 326 g/mol. The molecule has 7 heteroatoms. The maximum atomic E-state index is 4.97. The maximum absolute atomic E-state index is 4.97. The van der Waals surface area contributed by atoms with Gasteiger partial charge in [0.15, 0.2) is 0 Å². The minimum Gasteiger partial charge on any atom is -0.299 e. The minimum absolute atomic E-state index is 0.0210. The molecule has 136 valence electrons. The first-order valence-electron chi connectivity index (χ1n) is 9.19. The molecule has 0 radical (unpaired) electrons. The molecule has 26 heavy (non-hydrogen) atoms. The van der Waals surface area contributed by atoms with Gasteiger partial charge in [0.05, 0.1) is 47.0 Å². The lowest BCUT2D eigenvalue weighted by Crippen LogP contribution is -2.28. The summed E-state index contributed by atoms with van der Waals surface area (Å²) in [6.45, 7) is 7.48. The van der Waals surface area contributed by atoms with Crippen molar-refractivity contribution in [3.8, 4) is 11.3 Å². The maximum Gasteiger partial charge on any atom is 0.0995 e. The number of aromatic nitrogens is 5. The second kappa shape index (κ2) is 6.23. The van der Waals surface area contributed by atoms with Gasteiger partial charge in [0, 0.05) is 31.6 Å². The third-order valence-electron chi connectivity index (χ3n) is 5.63. The van der Waals surface area contributed by atoms with Crippen molar-refractivity contribution >= 4 is 11.7 Å². The first-order chi connectivity index (χ1) is 12.5. The highest BCUT2D eigenvalue weighted by molar-refractivity contribution is 5.77. The van der Waals surface area contributed by atoms with Gasteiger partial charge in [-0.25, -0.2) is 9.50 Å². The van der Waals surface area contributed by atoms with Crippen LogP contribution in [-0.2, 0) is 5.54 Å². The van der Waals surface area contributed by atoms with Crippen LogP contribution < -0.4 is 0 Å². The molecule has 1 aliphatic rings. The molecule has 4 rings (SSSR count). The molecule has 0 N–H and O–H groups in total. The fourth-order valence-electron chi connectivity index (χ4n) is 3.39. The molecule has 0 saturated heterocycles. The largest absolute Gasteiger partial charge is 0.299 e. The van der Waals surface area contributed by atoms with E-state index in [1.54, 1.807) is 0 Å². The summed E-state index contributed by atoms with van der Waals surface area (Å²) in [5.41, 5.74) is 3.93. The summed E-state index contributed by atoms with van der Waals surface area (Å²) < 4.78 is 3.98. The van der Waals surface area contributed by atoms with E-state index < -0.39 is 0 Å². The standard InChI is InChI=1S/C19H25N7/c1-5-19(3,6-2)26-12-15(10-22-26)18-17-7-8-20-25(17)13-16(23-18)14-9-21-24(4)11-14/h7-10,12-14H,5-6,11H2,1-4H3. The van der Waals surface area contributed by atoms with Crippen LogP contribution in [0.5, 0.6) is 0 Å². The number of fused-ring (bicyclic) bond motifs is 1. The Morgan fingerprint density at radius 2 is 2.00 bits per heavy atom. The van der Waals surface area contributed by atoms with E-state index in [2.05, 4.69) is 46.9 Å². The predicted molar refractivity (Wildman–Crippen MR) is 102 cm³/mol. The first-order valence-corrected chi connectivity index (χ1v) is 9.19. The Bertz CT molecular complexity index is 948. The summed E-state index contributed by atoms with van der Waals surface area (Å²) in [7, 11) is 1.98. The van der Waals surface area contributed by atoms with E-state index in [4.69, 9.17) is 4.98 Å². The van der Waals surface area contributed by atoms with Crippen molar-refractivity contribution in [1.29, 1.82) is 0 Å². The van der Waals surface area contributed by atoms with E-state index in [1.165, 1.54) is 0 Å². The summed E-state index contributed by atoms with van der Waals surface area (Å²) in [6.07, 6.45) is 11.9. The molecule has 0 amide bonds. The molecule has 0 aliphatic carbocycles. The van der Waals surface area contributed by atoms with Crippen molar-refractivity contribution in [3.05, 3.63) is 36.5 Å². The Kier molecular flexibility index (Phi) is 4.01. The Hall–Kier alpha value is -2.70. The molecule has 0 aromatic carbocycles. The van der Waals surface area contributed by atoms with Gasteiger partial charge in [-0.1, -0.05) is 13.8 Å². The number of rotatable bonds is 5. The van der Waals surface area contributed by atoms with Gasteiger partial charge in [0.2, 0.25) is 0 Å². The topological polar surface area (TPSA) is 63.6 Å². The highest BCUT2D eigenvalue weighted by atomic mass is 15.4. The molecule has 4 heterocycles. The Balaban J connectivity index is 1.80. The molecule has 3 aromatic rings. The van der Waals surface area contributed by atoms with Crippen molar-refractivity contribution in [3.63, 3.8) is 0 Å². The Morgan fingerprint density at radius 3 is 2.69 bits per heavy atom. The lowest BCUT2D eigenvalue weighted by atomic mass is 9.96. The van der Waals surface area contributed by atoms with Gasteiger partial charge in [-0.3, -0.25) is 9.69 Å². The molecule has 3 aromatic heterocycles. The minimum atomic E-state index is 0.0210. The number of hydrogen-bond donors (Lipinski definition) is 0. The van der Waals surface area contributed by atoms with Crippen LogP contribution in [0.4, 0.5) is 0 Å². The van der Waals surface area contributed by atoms with Crippen LogP contribution in [0.15, 0.2) is 36.0 Å². The summed E-state index contributed by atoms with van der Waals surface area (Å²) in [5.74, 6) is 0.180. The Labute approximate surface area is 153 Å². The fraction of sp³-hybridized carbons (Fsp3) is 0.474. The van der Waals surface area contributed by atoms with Crippen LogP contribution in [0.1, 0.15) is 45.2 Å². The molecule has 7 nitrogen and oxygen atoms in total. The lowest BCUT2D eigenvalue weighted by molar-refractivity contribution is 0.265. The monoisotopic (exact) mass is 351 g/mol. The second-order valence-corrected chi connectivity index (χ2v) is 7.26. The van der Waals surface area contributed by atoms with E-state index in [-0.39, 0.29) is 11.5 Å². The summed E-state index contributed by atoms with van der Waals surface area (Å²) in [5, 5.41) is 15.4. The number of nitrogens with zero attached hydrogens (tertiary/aromatic N) is 7. The molecule has 0 bridgehead atoms. The summed E-state index contributed by atoms with van der Waals surface area (Å²) in [6, 6.07) is 2.00. The van der Waals surface area contributed by atoms with E-state index in [1.807, 2.05) is 47.4 Å². The third-order valence-corrected chi connectivity index (χ3v) is 5.63. The van der Waals surface area contributed by atoms with Crippen LogP contribution >= 0.6 is 0 Å². The number of likely N-dealkylation sites (N-methyl/N-ethyl adjacent to an activating group) is 1. The van der Waals surface area contributed by atoms with E-state index in [0.29, 0.717) is 0 Å². The van der Waals surface area contributed by atoms with Crippen LogP contribution in [0, 0.1) is 0 Å². The zero-order valence-electron chi connectivity index (χ0n) is 15.8. The van der Waals surface area contributed by atoms with Crippen molar-refractivity contribution in [2.24, 2.45) is 5.10 Å². The van der Waals surface area contributed by atoms with Gasteiger partial charge in [-0.15, -0.1) is 0 Å². The van der Waals surface area contributed by atoms with Gasteiger partial charge >= 0.3 is 0 Å². The van der Waals surface area contributed by atoms with E-state index in [0.717, 1.165) is 41.9 Å². The summed E-state index contributed by atoms with van der Waals surface area (Å²) >= 11 is 0. The fourth-order valence-corrected chi connectivity index (χ4v) is 3.39. The summed E-state index contributed by atoms with van der Waals surface area (Å²) in [4.78, 5) is 4.97. The van der Waals surface area contributed by atoms with Gasteiger partial charge in [0.1, 0.15) is 0 Å². The zero-order chi connectivity index (χ0) is 18.3. The first kappa shape index (κ1) is 16.8. The van der Waals surface area contributed by atoms with Crippen LogP contribution in [-0.4, -0.2) is 49.2 Å². The Morgan fingerprint density at radius 1 is 1.19 bits per heavy atom. The van der Waals surface area contributed by atoms with Gasteiger partial charge in [-0.05, 0) is 25.8 Å². The van der Waals surface area contributed by atoms with E-state index >= 15 is 0 Å². The molecule has 0 saturated carbocycles. The van der Waals surface area contributed by atoms with Crippen molar-refractivity contribution in [1.82, 2.24) is 29.4 Å².